The van der Waals surface area contributed by atoms with E-state index in [4.69, 9.17) is 39.5 Å². The maximum Gasteiger partial charge on any atom is 0.147 e. The van der Waals surface area contributed by atoms with Gasteiger partial charge in [-0.3, -0.25) is 0 Å². The van der Waals surface area contributed by atoms with Gasteiger partial charge in [-0.15, -0.1) is 11.6 Å². The van der Waals surface area contributed by atoms with Gasteiger partial charge in [0.25, 0.3) is 0 Å². The molecule has 0 fully saturated rings. The second-order valence-corrected chi connectivity index (χ2v) is 5.45. The molecule has 2 rings (SSSR count). The molecule has 2 aromatic carbocycles. The molecule has 0 unspecified atom stereocenters. The molecule has 0 radical (unpaired) electrons. The van der Waals surface area contributed by atoms with Crippen molar-refractivity contribution in [1.82, 2.24) is 0 Å². The Morgan fingerprint density at radius 3 is 2.56 bits per heavy atom. The summed E-state index contributed by atoms with van der Waals surface area (Å²) >= 11 is 21.2. The quantitative estimate of drug-likeness (QED) is 0.580. The summed E-state index contributed by atoms with van der Waals surface area (Å²) in [6, 6.07) is 10.8. The van der Waals surface area contributed by atoms with Crippen molar-refractivity contribution in [2.45, 2.75) is 5.88 Å². The van der Waals surface area contributed by atoms with Gasteiger partial charge < -0.3 is 4.74 Å². The Morgan fingerprint density at radius 2 is 1.89 bits per heavy atom. The van der Waals surface area contributed by atoms with E-state index in [0.29, 0.717) is 27.4 Å². The van der Waals surface area contributed by atoms with Gasteiger partial charge >= 0.3 is 0 Å². The first-order valence-corrected chi connectivity index (χ1v) is 7.16. The Morgan fingerprint density at radius 1 is 1.11 bits per heavy atom. The number of halogens is 4. The topological polar surface area (TPSA) is 9.23 Å². The Hall–Kier alpha value is -0.410. The van der Waals surface area contributed by atoms with Gasteiger partial charge in [-0.25, -0.2) is 0 Å². The maximum absolute atomic E-state index is 6.05. The van der Waals surface area contributed by atoms with Crippen molar-refractivity contribution in [3.8, 4) is 11.5 Å². The van der Waals surface area contributed by atoms with E-state index in [2.05, 4.69) is 15.9 Å². The van der Waals surface area contributed by atoms with E-state index < -0.39 is 0 Å². The summed E-state index contributed by atoms with van der Waals surface area (Å²) in [5.74, 6) is 1.63. The number of rotatable bonds is 3. The minimum Gasteiger partial charge on any atom is -0.456 e. The van der Waals surface area contributed by atoms with Crippen LogP contribution >= 0.6 is 50.7 Å². The summed E-state index contributed by atoms with van der Waals surface area (Å²) in [6.07, 6.45) is 0. The third kappa shape index (κ3) is 3.12. The average Bonchev–Trinajstić information content (AvgIpc) is 2.35. The lowest BCUT2D eigenvalue weighted by atomic mass is 10.2. The second-order valence-electron chi connectivity index (χ2n) is 3.54. The van der Waals surface area contributed by atoms with E-state index in [1.807, 2.05) is 18.2 Å². The fourth-order valence-corrected chi connectivity index (χ4v) is 2.61. The van der Waals surface area contributed by atoms with Gasteiger partial charge in [-0.1, -0.05) is 51.3 Å². The first-order valence-electron chi connectivity index (χ1n) is 5.08. The van der Waals surface area contributed by atoms with Crippen molar-refractivity contribution in [3.63, 3.8) is 0 Å². The molecule has 1 nitrogen and oxygen atoms in total. The minimum absolute atomic E-state index is 0.400. The summed E-state index contributed by atoms with van der Waals surface area (Å²) in [4.78, 5) is 0. The van der Waals surface area contributed by atoms with E-state index in [1.54, 1.807) is 18.2 Å². The molecule has 0 atom stereocenters. The number of benzene rings is 2. The van der Waals surface area contributed by atoms with E-state index >= 15 is 0 Å². The number of hydrogen-bond acceptors (Lipinski definition) is 1. The molecule has 0 aromatic heterocycles. The van der Waals surface area contributed by atoms with Crippen LogP contribution in [0.5, 0.6) is 11.5 Å². The predicted octanol–water partition coefficient (Wildman–Crippen LogP) is 6.29. The van der Waals surface area contributed by atoms with Crippen LogP contribution in [-0.2, 0) is 5.88 Å². The molecule has 0 spiro atoms. The SMILES string of the molecule is ClCc1ccc(Oc2cccc(Cl)c2Cl)cc1Br. The molecule has 0 aliphatic carbocycles. The molecule has 0 N–H and O–H groups in total. The van der Waals surface area contributed by atoms with Gasteiger partial charge in [0.2, 0.25) is 0 Å². The normalized spacial score (nSPS) is 10.4. The molecule has 0 saturated heterocycles. The lowest BCUT2D eigenvalue weighted by molar-refractivity contribution is 0.482. The zero-order valence-electron chi connectivity index (χ0n) is 9.09. The van der Waals surface area contributed by atoms with Crippen molar-refractivity contribution < 1.29 is 4.74 Å². The number of ether oxygens (including phenoxy) is 1. The van der Waals surface area contributed by atoms with Crippen LogP contribution in [0.15, 0.2) is 40.9 Å². The number of alkyl halides is 1. The van der Waals surface area contributed by atoms with Gasteiger partial charge in [0.1, 0.15) is 16.5 Å². The maximum atomic E-state index is 6.05. The lowest BCUT2D eigenvalue weighted by Gasteiger charge is -2.09. The van der Waals surface area contributed by atoms with Crippen molar-refractivity contribution in [2.24, 2.45) is 0 Å². The van der Waals surface area contributed by atoms with Crippen molar-refractivity contribution in [2.75, 3.05) is 0 Å². The van der Waals surface area contributed by atoms with Crippen LogP contribution < -0.4 is 4.74 Å². The molecule has 18 heavy (non-hydrogen) atoms. The molecule has 0 aliphatic rings. The lowest BCUT2D eigenvalue weighted by Crippen LogP contribution is -1.87. The Labute approximate surface area is 129 Å². The summed E-state index contributed by atoms with van der Waals surface area (Å²) in [5, 5.41) is 0.863. The molecular formula is C13H8BrCl3O. The largest absolute Gasteiger partial charge is 0.456 e. The molecule has 5 heteroatoms. The van der Waals surface area contributed by atoms with Crippen LogP contribution in [0, 0.1) is 0 Å². The van der Waals surface area contributed by atoms with Crippen LogP contribution in [0.3, 0.4) is 0 Å². The molecule has 0 amide bonds. The molecule has 0 saturated carbocycles. The predicted molar refractivity (Wildman–Crippen MR) is 80.2 cm³/mol. The Balaban J connectivity index is 2.29. The standard InChI is InChI=1S/C13H8BrCl3O/c14-10-6-9(5-4-8(10)7-15)18-12-3-1-2-11(16)13(12)17/h1-6H,7H2. The Bertz CT molecular complexity index is 572. The summed E-state index contributed by atoms with van der Waals surface area (Å²) < 4.78 is 6.58. The zero-order chi connectivity index (χ0) is 13.1. The molecule has 0 heterocycles. The smallest absolute Gasteiger partial charge is 0.147 e. The molecule has 2 aromatic rings. The monoisotopic (exact) mass is 364 g/mol. The second kappa shape index (κ2) is 6.16. The van der Waals surface area contributed by atoms with Gasteiger partial charge in [-0.2, -0.15) is 0 Å². The van der Waals surface area contributed by atoms with Gasteiger partial charge in [0.05, 0.1) is 5.02 Å². The van der Waals surface area contributed by atoms with Crippen LogP contribution in [0.2, 0.25) is 10.0 Å². The highest BCUT2D eigenvalue weighted by Gasteiger charge is 2.08. The summed E-state index contributed by atoms with van der Waals surface area (Å²) in [5.41, 5.74) is 1.00. The fourth-order valence-electron chi connectivity index (χ4n) is 1.39. The van der Waals surface area contributed by atoms with Crippen LogP contribution in [0.25, 0.3) is 0 Å². The van der Waals surface area contributed by atoms with Crippen molar-refractivity contribution >= 4 is 50.7 Å². The number of hydrogen-bond donors (Lipinski definition) is 0. The highest BCUT2D eigenvalue weighted by atomic mass is 79.9. The molecular weight excluding hydrogens is 358 g/mol. The molecule has 0 aliphatic heterocycles. The van der Waals surface area contributed by atoms with E-state index in [9.17, 15) is 0 Å². The third-order valence-corrected chi connectivity index (χ3v) is 4.14. The first-order chi connectivity index (χ1) is 8.61. The van der Waals surface area contributed by atoms with E-state index in [1.165, 1.54) is 0 Å². The average molecular weight is 366 g/mol. The Kier molecular flexibility index (Phi) is 4.79. The van der Waals surface area contributed by atoms with Crippen molar-refractivity contribution in [3.05, 3.63) is 56.5 Å². The van der Waals surface area contributed by atoms with E-state index in [0.717, 1.165) is 10.0 Å². The molecule has 94 valence electrons. The zero-order valence-corrected chi connectivity index (χ0v) is 12.9. The van der Waals surface area contributed by atoms with Crippen LogP contribution in [0.4, 0.5) is 0 Å². The summed E-state index contributed by atoms with van der Waals surface area (Å²) in [7, 11) is 0. The van der Waals surface area contributed by atoms with E-state index in [-0.39, 0.29) is 0 Å². The molecule has 0 bridgehead atoms. The van der Waals surface area contributed by atoms with Crippen molar-refractivity contribution in [1.29, 1.82) is 0 Å². The summed E-state index contributed by atoms with van der Waals surface area (Å²) in [6.45, 7) is 0. The fraction of sp³-hybridized carbons (Fsp3) is 0.0769. The van der Waals surface area contributed by atoms with Gasteiger partial charge in [0.15, 0.2) is 0 Å². The highest BCUT2D eigenvalue weighted by molar-refractivity contribution is 9.10. The van der Waals surface area contributed by atoms with Gasteiger partial charge in [-0.05, 0) is 29.8 Å². The highest BCUT2D eigenvalue weighted by Crippen LogP contribution is 2.35. The minimum atomic E-state index is 0.400. The van der Waals surface area contributed by atoms with Crippen LogP contribution in [0.1, 0.15) is 5.56 Å². The first kappa shape index (κ1) is 14.0. The van der Waals surface area contributed by atoms with Crippen LogP contribution in [-0.4, -0.2) is 0 Å². The third-order valence-electron chi connectivity index (χ3n) is 2.31. The van der Waals surface area contributed by atoms with Gasteiger partial charge in [0, 0.05) is 10.4 Å².